The van der Waals surface area contributed by atoms with E-state index in [1.54, 1.807) is 65.0 Å². The first-order valence-corrected chi connectivity index (χ1v) is 9.24. The van der Waals surface area contributed by atoms with Crippen molar-refractivity contribution < 1.29 is 23.8 Å². The lowest BCUT2D eigenvalue weighted by Crippen LogP contribution is -2.41. The number of nitrogen functional groups attached to an aromatic ring is 1. The Labute approximate surface area is 175 Å². The van der Waals surface area contributed by atoms with Crippen molar-refractivity contribution in [1.29, 1.82) is 0 Å². The van der Waals surface area contributed by atoms with Crippen molar-refractivity contribution in [2.45, 2.75) is 45.8 Å². The normalized spacial score (nSPS) is 12.2. The van der Waals surface area contributed by atoms with Gasteiger partial charge in [-0.25, -0.2) is 14.3 Å². The minimum atomic E-state index is -0.997. The molecule has 10 heteroatoms. The number of carbonyl (C=O) groups excluding carboxylic acids is 2. The summed E-state index contributed by atoms with van der Waals surface area (Å²) in [6.45, 7) is 8.58. The number of hydrogen-bond acceptors (Lipinski definition) is 7. The number of benzene rings is 1. The molecule has 0 spiro atoms. The lowest BCUT2D eigenvalue weighted by atomic mass is 10.1. The van der Waals surface area contributed by atoms with Gasteiger partial charge in [0.05, 0.1) is 0 Å². The van der Waals surface area contributed by atoms with Gasteiger partial charge >= 0.3 is 12.2 Å². The van der Waals surface area contributed by atoms with Gasteiger partial charge in [0.25, 0.3) is 0 Å². The van der Waals surface area contributed by atoms with Crippen LogP contribution in [0.25, 0.3) is 0 Å². The van der Waals surface area contributed by atoms with Crippen molar-refractivity contribution in [3.63, 3.8) is 0 Å². The molecule has 162 valence electrons. The maximum Gasteiger partial charge on any atom is 0.437 e. The predicted molar refractivity (Wildman–Crippen MR) is 111 cm³/mol. The van der Waals surface area contributed by atoms with Gasteiger partial charge < -0.3 is 19.9 Å². The van der Waals surface area contributed by atoms with E-state index in [-0.39, 0.29) is 12.6 Å². The average molecular weight is 417 g/mol. The molecule has 10 nitrogen and oxygen atoms in total. The molecule has 1 aromatic heterocycles. The lowest BCUT2D eigenvalue weighted by molar-refractivity contribution is 0.00950. The zero-order valence-electron chi connectivity index (χ0n) is 17.7. The van der Waals surface area contributed by atoms with Crippen LogP contribution < -0.4 is 15.8 Å². The largest absolute Gasteiger partial charge is 0.489 e. The molecule has 0 aliphatic carbocycles. The number of aliphatic imine (C=N–C) groups is 1. The van der Waals surface area contributed by atoms with Crippen molar-refractivity contribution >= 4 is 23.8 Å². The molecule has 0 bridgehead atoms. The van der Waals surface area contributed by atoms with Crippen LogP contribution >= 0.6 is 0 Å². The number of hydrogen-bond donors (Lipinski definition) is 2. The van der Waals surface area contributed by atoms with E-state index in [2.05, 4.69) is 15.4 Å². The number of alkyl carbamates (subject to hydrolysis) is 1. The molecule has 0 aliphatic rings. The molecule has 2 rings (SSSR count). The number of amides is 2. The Bertz CT molecular complexity index is 883. The van der Waals surface area contributed by atoms with Gasteiger partial charge in [0.2, 0.25) is 5.96 Å². The van der Waals surface area contributed by atoms with Gasteiger partial charge in [-0.15, -0.1) is 4.99 Å². The molecule has 0 atom stereocenters. The number of aromatic nitrogens is 2. The molecule has 2 aromatic rings. The zero-order valence-corrected chi connectivity index (χ0v) is 17.7. The first-order chi connectivity index (χ1) is 13.9. The number of nitrogens with one attached hydrogen (secondary N) is 1. The molecule has 0 fully saturated rings. The molecule has 2 amide bonds. The van der Waals surface area contributed by atoms with E-state index in [0.29, 0.717) is 11.4 Å². The number of nitrogens with zero attached hydrogens (tertiary/aromatic N) is 3. The first kappa shape index (κ1) is 22.7. The predicted octanol–water partition coefficient (Wildman–Crippen LogP) is 3.19. The minimum absolute atomic E-state index is 0.0782. The van der Waals surface area contributed by atoms with E-state index in [9.17, 15) is 9.59 Å². The number of anilines is 1. The minimum Gasteiger partial charge on any atom is -0.489 e. The van der Waals surface area contributed by atoms with Crippen molar-refractivity contribution in [2.24, 2.45) is 4.99 Å². The molecule has 0 aliphatic heterocycles. The van der Waals surface area contributed by atoms with E-state index in [1.165, 1.54) is 17.1 Å². The summed E-state index contributed by atoms with van der Waals surface area (Å²) in [5.41, 5.74) is 4.54. The third-order valence-corrected chi connectivity index (χ3v) is 3.36. The monoisotopic (exact) mass is 417 g/mol. The Kier molecular flexibility index (Phi) is 7.04. The van der Waals surface area contributed by atoms with Crippen molar-refractivity contribution in [3.8, 4) is 5.75 Å². The molecule has 0 radical (unpaired) electrons. The Hall–Kier alpha value is -3.56. The fourth-order valence-corrected chi connectivity index (χ4v) is 2.12. The van der Waals surface area contributed by atoms with Crippen LogP contribution in [0.15, 0.2) is 47.7 Å². The topological polar surface area (TPSA) is 130 Å². The molecular formula is C20H27N5O5. The summed E-state index contributed by atoms with van der Waals surface area (Å²) in [5, 5.41) is 6.37. The van der Waals surface area contributed by atoms with Crippen LogP contribution in [0.5, 0.6) is 5.75 Å². The van der Waals surface area contributed by atoms with E-state index < -0.39 is 23.4 Å². The Morgan fingerprint density at radius 3 is 2.37 bits per heavy atom. The molecular weight excluding hydrogens is 390 g/mol. The molecule has 30 heavy (non-hydrogen) atoms. The number of rotatable bonds is 4. The number of carbonyl (C=O) groups is 2. The van der Waals surface area contributed by atoms with Crippen LogP contribution in [0.1, 0.15) is 34.6 Å². The third-order valence-electron chi connectivity index (χ3n) is 3.36. The molecule has 1 aromatic carbocycles. The first-order valence-electron chi connectivity index (χ1n) is 9.24. The average Bonchev–Trinajstić information content (AvgIpc) is 3.13. The maximum atomic E-state index is 12.4. The van der Waals surface area contributed by atoms with Crippen LogP contribution in [0.2, 0.25) is 0 Å². The van der Waals surface area contributed by atoms with E-state index in [0.717, 1.165) is 0 Å². The van der Waals surface area contributed by atoms with Crippen molar-refractivity contribution in [2.75, 3.05) is 12.3 Å². The van der Waals surface area contributed by atoms with Gasteiger partial charge in [0.1, 0.15) is 23.6 Å². The van der Waals surface area contributed by atoms with Gasteiger partial charge in [-0.2, -0.15) is 5.10 Å². The van der Waals surface area contributed by atoms with Crippen LogP contribution in [0.3, 0.4) is 0 Å². The van der Waals surface area contributed by atoms with Crippen molar-refractivity contribution in [1.82, 2.24) is 15.1 Å². The second-order valence-electron chi connectivity index (χ2n) is 8.00. The number of ether oxygens (including phenoxy) is 3. The Balaban J connectivity index is 2.04. The van der Waals surface area contributed by atoms with Crippen LogP contribution in [0, 0.1) is 0 Å². The van der Waals surface area contributed by atoms with E-state index >= 15 is 0 Å². The molecule has 1 heterocycles. The summed E-state index contributed by atoms with van der Waals surface area (Å²) in [6.07, 6.45) is 1.28. The zero-order chi connectivity index (χ0) is 22.4. The highest BCUT2D eigenvalue weighted by Gasteiger charge is 2.25. The van der Waals surface area contributed by atoms with E-state index in [1.807, 2.05) is 0 Å². The highest BCUT2D eigenvalue weighted by molar-refractivity contribution is 5.99. The summed E-state index contributed by atoms with van der Waals surface area (Å²) in [7, 11) is 0. The molecule has 0 saturated carbocycles. The fourth-order valence-electron chi connectivity index (χ4n) is 2.12. The van der Waals surface area contributed by atoms with Gasteiger partial charge in [0.15, 0.2) is 0 Å². The van der Waals surface area contributed by atoms with Crippen LogP contribution in [0.4, 0.5) is 15.3 Å². The van der Waals surface area contributed by atoms with Gasteiger partial charge in [0, 0.05) is 18.1 Å². The maximum absolute atomic E-state index is 12.4. The fraction of sp³-hybridized carbons (Fsp3) is 0.400. The SMILES string of the molecule is CC(C)(C)OC(=O)NC(=NC(=O)OC(C)(C)COc1ccc(N)cc1)n1cccn1. The van der Waals surface area contributed by atoms with Gasteiger partial charge in [-0.1, -0.05) is 0 Å². The van der Waals surface area contributed by atoms with Gasteiger partial charge in [-0.3, -0.25) is 5.32 Å². The summed E-state index contributed by atoms with van der Waals surface area (Å²) < 4.78 is 17.4. The van der Waals surface area contributed by atoms with Crippen LogP contribution in [-0.2, 0) is 9.47 Å². The highest BCUT2D eigenvalue weighted by Crippen LogP contribution is 2.17. The molecule has 0 saturated heterocycles. The number of nitrogens with two attached hydrogens (primary N) is 1. The Morgan fingerprint density at radius 2 is 1.80 bits per heavy atom. The summed E-state index contributed by atoms with van der Waals surface area (Å²) in [6, 6.07) is 8.45. The molecule has 3 N–H and O–H groups in total. The standard InChI is InChI=1S/C20H27N5O5/c1-19(2,3)29-17(26)23-16(25-12-6-11-22-25)24-18(27)30-20(4,5)13-28-15-9-7-14(21)8-10-15/h6-12H,13,21H2,1-5H3,(H,23,24,26,27). The quantitative estimate of drug-likeness (QED) is 0.444. The lowest BCUT2D eigenvalue weighted by Gasteiger charge is -2.24. The smallest absolute Gasteiger partial charge is 0.437 e. The molecule has 0 unspecified atom stereocenters. The van der Waals surface area contributed by atoms with Gasteiger partial charge in [-0.05, 0) is 65.0 Å². The summed E-state index contributed by atoms with van der Waals surface area (Å²) in [5.74, 6) is 0.426. The third kappa shape index (κ3) is 7.82. The Morgan fingerprint density at radius 1 is 1.13 bits per heavy atom. The van der Waals surface area contributed by atoms with Crippen LogP contribution in [-0.4, -0.2) is 45.7 Å². The highest BCUT2D eigenvalue weighted by atomic mass is 16.6. The second-order valence-corrected chi connectivity index (χ2v) is 8.00. The van der Waals surface area contributed by atoms with Crippen molar-refractivity contribution in [3.05, 3.63) is 42.7 Å². The van der Waals surface area contributed by atoms with E-state index in [4.69, 9.17) is 19.9 Å². The summed E-state index contributed by atoms with van der Waals surface area (Å²) >= 11 is 0. The summed E-state index contributed by atoms with van der Waals surface area (Å²) in [4.78, 5) is 28.3. The second kappa shape index (κ2) is 9.29.